The van der Waals surface area contributed by atoms with Gasteiger partial charge in [0.15, 0.2) is 6.79 Å². The second kappa shape index (κ2) is 6.49. The second-order valence-corrected chi connectivity index (χ2v) is 4.35. The summed E-state index contributed by atoms with van der Waals surface area (Å²) in [4.78, 5) is 0. The van der Waals surface area contributed by atoms with Crippen LogP contribution in [0.5, 0.6) is 5.75 Å². The van der Waals surface area contributed by atoms with Crippen LogP contribution < -0.4 is 10.5 Å². The lowest BCUT2D eigenvalue weighted by Crippen LogP contribution is -2.11. The molecule has 0 atom stereocenters. The van der Waals surface area contributed by atoms with Crippen molar-refractivity contribution < 1.29 is 22.6 Å². The highest BCUT2D eigenvalue weighted by Crippen LogP contribution is 2.37. The van der Waals surface area contributed by atoms with Crippen molar-refractivity contribution in [2.75, 3.05) is 12.5 Å². The smallest absolute Gasteiger partial charge is 0.420 e. The van der Waals surface area contributed by atoms with Crippen LogP contribution in [0.3, 0.4) is 0 Å². The normalized spacial score (nSPS) is 11.4. The van der Waals surface area contributed by atoms with Crippen LogP contribution >= 0.6 is 0 Å². The molecule has 2 rings (SSSR count). The number of nitrogens with two attached hydrogens (primary N) is 1. The Kier molecular flexibility index (Phi) is 4.70. The summed E-state index contributed by atoms with van der Waals surface area (Å²) in [7, 11) is 0. The Labute approximate surface area is 120 Å². The van der Waals surface area contributed by atoms with Crippen LogP contribution in [0.4, 0.5) is 18.9 Å². The molecule has 0 aliphatic rings. The van der Waals surface area contributed by atoms with Gasteiger partial charge in [0, 0.05) is 5.69 Å². The summed E-state index contributed by atoms with van der Waals surface area (Å²) in [6.07, 6.45) is -4.52. The molecule has 0 aliphatic heterocycles. The molecule has 6 heteroatoms. The van der Waals surface area contributed by atoms with Crippen molar-refractivity contribution in [2.45, 2.75) is 12.8 Å². The molecule has 0 fully saturated rings. The topological polar surface area (TPSA) is 44.5 Å². The fourth-order valence-electron chi connectivity index (χ4n) is 1.73. The Balaban J connectivity index is 1.94. The van der Waals surface area contributed by atoms with Crippen LogP contribution in [0.15, 0.2) is 48.5 Å². The predicted octanol–water partition coefficient (Wildman–Crippen LogP) is 3.84. The van der Waals surface area contributed by atoms with Gasteiger partial charge in [0.1, 0.15) is 5.75 Å². The minimum Gasteiger partial charge on any atom is -0.467 e. The molecule has 0 bridgehead atoms. The number of halogens is 3. The van der Waals surface area contributed by atoms with Gasteiger partial charge in [-0.1, -0.05) is 30.3 Å². The van der Waals surface area contributed by atoms with Gasteiger partial charge in [0.2, 0.25) is 0 Å². The largest absolute Gasteiger partial charge is 0.467 e. The fourth-order valence-corrected chi connectivity index (χ4v) is 1.73. The van der Waals surface area contributed by atoms with Crippen molar-refractivity contribution in [3.63, 3.8) is 0 Å². The Morgan fingerprint density at radius 1 is 1.00 bits per heavy atom. The van der Waals surface area contributed by atoms with Gasteiger partial charge >= 0.3 is 6.18 Å². The van der Waals surface area contributed by atoms with E-state index in [0.717, 1.165) is 11.6 Å². The summed E-state index contributed by atoms with van der Waals surface area (Å²) in [6.45, 7) is -0.0148. The SMILES string of the molecule is Nc1ccc(OCOCc2ccccc2)c(C(F)(F)F)c1. The Morgan fingerprint density at radius 3 is 2.38 bits per heavy atom. The van der Waals surface area contributed by atoms with Gasteiger partial charge in [-0.25, -0.2) is 0 Å². The molecule has 0 saturated heterocycles. The Bertz CT molecular complexity index is 585. The lowest BCUT2D eigenvalue weighted by atomic mass is 10.1. The van der Waals surface area contributed by atoms with Gasteiger partial charge < -0.3 is 15.2 Å². The summed E-state index contributed by atoms with van der Waals surface area (Å²) in [5.74, 6) is -0.301. The van der Waals surface area contributed by atoms with Gasteiger partial charge in [-0.3, -0.25) is 0 Å². The lowest BCUT2D eigenvalue weighted by Gasteiger charge is -2.14. The number of rotatable bonds is 5. The first-order chi connectivity index (χ1) is 9.97. The minimum absolute atomic E-state index is 0.0277. The Hall–Kier alpha value is -2.21. The highest BCUT2D eigenvalue weighted by atomic mass is 19.4. The summed E-state index contributed by atoms with van der Waals surface area (Å²) in [6, 6.07) is 12.6. The van der Waals surface area contributed by atoms with Crippen molar-refractivity contribution in [2.24, 2.45) is 0 Å². The van der Waals surface area contributed by atoms with E-state index in [1.165, 1.54) is 12.1 Å². The van der Waals surface area contributed by atoms with Gasteiger partial charge in [-0.05, 0) is 23.8 Å². The average molecular weight is 297 g/mol. The molecule has 0 heterocycles. The van der Waals surface area contributed by atoms with Gasteiger partial charge in [0.25, 0.3) is 0 Å². The molecular weight excluding hydrogens is 283 g/mol. The van der Waals surface area contributed by atoms with Crippen LogP contribution in [0.2, 0.25) is 0 Å². The summed E-state index contributed by atoms with van der Waals surface area (Å²) in [5, 5.41) is 0. The molecule has 0 radical (unpaired) electrons. The fraction of sp³-hybridized carbons (Fsp3) is 0.200. The number of alkyl halides is 3. The average Bonchev–Trinajstić information content (AvgIpc) is 2.45. The molecule has 2 aromatic rings. The molecule has 0 unspecified atom stereocenters. The zero-order chi connectivity index (χ0) is 15.3. The Morgan fingerprint density at radius 2 is 1.71 bits per heavy atom. The highest BCUT2D eigenvalue weighted by molar-refractivity contribution is 5.49. The van der Waals surface area contributed by atoms with E-state index < -0.39 is 11.7 Å². The number of nitrogen functional groups attached to an aromatic ring is 1. The van der Waals surface area contributed by atoms with Crippen LogP contribution in [0, 0.1) is 0 Å². The van der Waals surface area contributed by atoms with Gasteiger partial charge in [0.05, 0.1) is 12.2 Å². The molecule has 112 valence electrons. The monoisotopic (exact) mass is 297 g/mol. The molecule has 3 nitrogen and oxygen atoms in total. The van der Waals surface area contributed by atoms with Crippen molar-refractivity contribution >= 4 is 5.69 Å². The van der Waals surface area contributed by atoms with Crippen LogP contribution in [0.1, 0.15) is 11.1 Å². The van der Waals surface area contributed by atoms with E-state index in [-0.39, 0.29) is 24.8 Å². The van der Waals surface area contributed by atoms with E-state index >= 15 is 0 Å². The summed E-state index contributed by atoms with van der Waals surface area (Å²) in [5.41, 5.74) is 5.40. The molecule has 21 heavy (non-hydrogen) atoms. The number of hydrogen-bond donors (Lipinski definition) is 1. The summed E-state index contributed by atoms with van der Waals surface area (Å²) < 4.78 is 48.7. The van der Waals surface area contributed by atoms with E-state index in [1.807, 2.05) is 30.3 Å². The predicted molar refractivity (Wildman–Crippen MR) is 72.6 cm³/mol. The third-order valence-electron chi connectivity index (χ3n) is 2.72. The highest BCUT2D eigenvalue weighted by Gasteiger charge is 2.34. The molecule has 0 aromatic heterocycles. The standard InChI is InChI=1S/C15H14F3NO2/c16-15(17,18)13-8-12(19)6-7-14(13)21-10-20-9-11-4-2-1-3-5-11/h1-8H,9-10,19H2. The maximum atomic E-state index is 12.8. The maximum Gasteiger partial charge on any atom is 0.420 e. The molecule has 2 N–H and O–H groups in total. The number of benzene rings is 2. The van der Waals surface area contributed by atoms with Gasteiger partial charge in [-0.2, -0.15) is 13.2 Å². The summed E-state index contributed by atoms with van der Waals surface area (Å²) >= 11 is 0. The second-order valence-electron chi connectivity index (χ2n) is 4.35. The lowest BCUT2D eigenvalue weighted by molar-refractivity contribution is -0.139. The zero-order valence-corrected chi connectivity index (χ0v) is 11.1. The molecule has 2 aromatic carbocycles. The van der Waals surface area contributed by atoms with Gasteiger partial charge in [-0.15, -0.1) is 0 Å². The molecule has 0 amide bonds. The number of hydrogen-bond acceptors (Lipinski definition) is 3. The van der Waals surface area contributed by atoms with Crippen LogP contribution in [0.25, 0.3) is 0 Å². The van der Waals surface area contributed by atoms with Crippen LogP contribution in [-0.2, 0) is 17.5 Å². The first-order valence-electron chi connectivity index (χ1n) is 6.18. The molecule has 0 saturated carbocycles. The quantitative estimate of drug-likeness (QED) is 0.518. The molecule has 0 spiro atoms. The van der Waals surface area contributed by atoms with Crippen molar-refractivity contribution in [1.82, 2.24) is 0 Å². The molecule has 0 aliphatic carbocycles. The van der Waals surface area contributed by atoms with Crippen molar-refractivity contribution in [3.05, 3.63) is 59.7 Å². The third kappa shape index (κ3) is 4.39. The van der Waals surface area contributed by atoms with E-state index in [9.17, 15) is 13.2 Å². The van der Waals surface area contributed by atoms with Crippen molar-refractivity contribution in [1.29, 1.82) is 0 Å². The maximum absolute atomic E-state index is 12.8. The number of ether oxygens (including phenoxy) is 2. The zero-order valence-electron chi connectivity index (χ0n) is 11.1. The van der Waals surface area contributed by atoms with E-state index in [1.54, 1.807) is 0 Å². The van der Waals surface area contributed by atoms with E-state index in [2.05, 4.69) is 0 Å². The first-order valence-corrected chi connectivity index (χ1v) is 6.18. The van der Waals surface area contributed by atoms with E-state index in [0.29, 0.717) is 0 Å². The van der Waals surface area contributed by atoms with Crippen LogP contribution in [-0.4, -0.2) is 6.79 Å². The number of anilines is 1. The first kappa shape index (κ1) is 15.2. The molecular formula is C15H14F3NO2. The van der Waals surface area contributed by atoms with Crippen molar-refractivity contribution in [3.8, 4) is 5.75 Å². The van der Waals surface area contributed by atoms with E-state index in [4.69, 9.17) is 15.2 Å². The minimum atomic E-state index is -4.52. The third-order valence-corrected chi connectivity index (χ3v) is 2.72.